The van der Waals surface area contributed by atoms with E-state index in [0.29, 0.717) is 17.2 Å². The van der Waals surface area contributed by atoms with Gasteiger partial charge in [0.05, 0.1) is 6.54 Å². The summed E-state index contributed by atoms with van der Waals surface area (Å²) in [5, 5.41) is 7.36. The van der Waals surface area contributed by atoms with Crippen LogP contribution in [-0.4, -0.2) is 60.5 Å². The van der Waals surface area contributed by atoms with Crippen molar-refractivity contribution in [3.63, 3.8) is 0 Å². The third-order valence-corrected chi connectivity index (χ3v) is 6.00. The van der Waals surface area contributed by atoms with Crippen LogP contribution in [0.15, 0.2) is 4.99 Å². The number of guanidine groups is 1. The van der Waals surface area contributed by atoms with Crippen LogP contribution in [0.25, 0.3) is 0 Å². The number of carbonyl (C=O) groups is 1. The van der Waals surface area contributed by atoms with Crippen molar-refractivity contribution >= 4 is 47.6 Å². The molecule has 5 nitrogen and oxygen atoms in total. The Labute approximate surface area is 174 Å². The molecular weight excluding hydrogens is 447 g/mol. The lowest BCUT2D eigenvalue weighted by molar-refractivity contribution is -0.135. The van der Waals surface area contributed by atoms with Crippen LogP contribution in [0.3, 0.4) is 0 Å². The fourth-order valence-electron chi connectivity index (χ4n) is 3.49. The molecule has 2 unspecified atom stereocenters. The van der Waals surface area contributed by atoms with Gasteiger partial charge in [-0.05, 0) is 32.4 Å². The lowest BCUT2D eigenvalue weighted by Crippen LogP contribution is -2.45. The molecule has 2 N–H and O–H groups in total. The molecule has 2 atom stereocenters. The van der Waals surface area contributed by atoms with Crippen LogP contribution in [0, 0.1) is 5.92 Å². The van der Waals surface area contributed by atoms with E-state index in [9.17, 15) is 4.79 Å². The molecule has 25 heavy (non-hydrogen) atoms. The average molecular weight is 482 g/mol. The highest BCUT2D eigenvalue weighted by Gasteiger charge is 2.31. The predicted molar refractivity (Wildman–Crippen MR) is 119 cm³/mol. The van der Waals surface area contributed by atoms with Gasteiger partial charge in [0.15, 0.2) is 5.96 Å². The van der Waals surface area contributed by atoms with Gasteiger partial charge >= 0.3 is 0 Å². The van der Waals surface area contributed by atoms with Crippen LogP contribution in [0.4, 0.5) is 0 Å². The minimum Gasteiger partial charge on any atom is -0.357 e. The van der Waals surface area contributed by atoms with Crippen molar-refractivity contribution in [3.05, 3.63) is 0 Å². The van der Waals surface area contributed by atoms with E-state index in [-0.39, 0.29) is 29.9 Å². The largest absolute Gasteiger partial charge is 0.357 e. The Morgan fingerprint density at radius 2 is 2.00 bits per heavy atom. The van der Waals surface area contributed by atoms with E-state index in [1.807, 2.05) is 11.8 Å². The smallest absolute Gasteiger partial charge is 0.225 e. The van der Waals surface area contributed by atoms with E-state index in [1.54, 1.807) is 0 Å². The maximum absolute atomic E-state index is 12.7. The molecule has 1 aliphatic carbocycles. The molecule has 0 aromatic carbocycles. The Balaban J connectivity index is 0.00000312. The summed E-state index contributed by atoms with van der Waals surface area (Å²) in [5.41, 5.74) is 0. The molecule has 1 amide bonds. The van der Waals surface area contributed by atoms with Gasteiger partial charge in [-0.2, -0.15) is 11.8 Å². The average Bonchev–Trinajstić information content (AvgIpc) is 3.08. The third-order valence-electron chi connectivity index (χ3n) is 5.05. The molecule has 0 spiro atoms. The Morgan fingerprint density at radius 3 is 2.64 bits per heavy atom. The van der Waals surface area contributed by atoms with Crippen LogP contribution < -0.4 is 10.6 Å². The van der Waals surface area contributed by atoms with Crippen molar-refractivity contribution in [2.45, 2.75) is 63.7 Å². The highest BCUT2D eigenvalue weighted by molar-refractivity contribution is 14.0. The third kappa shape index (κ3) is 7.53. The molecule has 0 bridgehead atoms. The molecule has 2 aliphatic rings. The first-order valence-corrected chi connectivity index (χ1v) is 10.8. The van der Waals surface area contributed by atoms with Crippen LogP contribution >= 0.6 is 35.7 Å². The molecular formula is C18H35IN4OS. The quantitative estimate of drug-likeness (QED) is 0.347. The number of rotatable bonds is 6. The first-order chi connectivity index (χ1) is 11.6. The molecule has 2 fully saturated rings. The zero-order valence-electron chi connectivity index (χ0n) is 15.9. The maximum Gasteiger partial charge on any atom is 0.225 e. The molecule has 1 saturated carbocycles. The molecule has 1 aliphatic heterocycles. The van der Waals surface area contributed by atoms with Crippen LogP contribution in [0.2, 0.25) is 0 Å². The van der Waals surface area contributed by atoms with Gasteiger partial charge < -0.3 is 15.5 Å². The summed E-state index contributed by atoms with van der Waals surface area (Å²) in [6.45, 7) is 7.65. The van der Waals surface area contributed by atoms with Crippen molar-refractivity contribution in [3.8, 4) is 0 Å². The van der Waals surface area contributed by atoms with Crippen molar-refractivity contribution in [2.75, 3.05) is 32.4 Å². The van der Waals surface area contributed by atoms with Crippen LogP contribution in [0.1, 0.15) is 52.4 Å². The van der Waals surface area contributed by atoms with Gasteiger partial charge in [0, 0.05) is 36.8 Å². The van der Waals surface area contributed by atoms with Crippen molar-refractivity contribution in [1.82, 2.24) is 15.5 Å². The van der Waals surface area contributed by atoms with Gasteiger partial charge in [-0.15, -0.1) is 24.0 Å². The summed E-state index contributed by atoms with van der Waals surface area (Å²) in [4.78, 5) is 19.4. The second-order valence-corrected chi connectivity index (χ2v) is 8.29. The Hall–Kier alpha value is -0.180. The second-order valence-electron chi connectivity index (χ2n) is 7.02. The standard InChI is InChI=1S/C18H34N4OS.HI/c1-4-19-18(20-12-14(2)24-3)21-16-10-11-22(13-16)17(23)15-8-6-5-7-9-15;/h14-16H,4-13H2,1-3H3,(H2,19,20,21);1H. The lowest BCUT2D eigenvalue weighted by atomic mass is 9.88. The fraction of sp³-hybridized carbons (Fsp3) is 0.889. The SMILES string of the molecule is CCNC(=NCC(C)SC)NC1CCN(C(=O)C2CCCCC2)C1.I. The summed E-state index contributed by atoms with van der Waals surface area (Å²) < 4.78 is 0. The molecule has 0 aromatic heterocycles. The van der Waals surface area contributed by atoms with Gasteiger partial charge in [-0.3, -0.25) is 9.79 Å². The molecule has 2 rings (SSSR count). The van der Waals surface area contributed by atoms with Crippen molar-refractivity contribution in [2.24, 2.45) is 10.9 Å². The highest BCUT2D eigenvalue weighted by atomic mass is 127. The topological polar surface area (TPSA) is 56.7 Å². The van der Waals surface area contributed by atoms with E-state index in [0.717, 1.165) is 51.4 Å². The minimum atomic E-state index is 0. The lowest BCUT2D eigenvalue weighted by Gasteiger charge is -2.26. The normalized spacial score (nSPS) is 23.1. The number of carbonyl (C=O) groups excluding carboxylic acids is 1. The first kappa shape index (κ1) is 22.9. The number of hydrogen-bond acceptors (Lipinski definition) is 3. The molecule has 1 saturated heterocycles. The number of thioether (sulfide) groups is 1. The molecule has 1 heterocycles. The number of amides is 1. The Kier molecular flexibility index (Phi) is 11.2. The highest BCUT2D eigenvalue weighted by Crippen LogP contribution is 2.26. The zero-order valence-corrected chi connectivity index (χ0v) is 19.1. The summed E-state index contributed by atoms with van der Waals surface area (Å²) in [5.74, 6) is 1.55. The molecule has 7 heteroatoms. The number of halogens is 1. The molecule has 0 radical (unpaired) electrons. The van der Waals surface area contributed by atoms with Gasteiger partial charge in [0.1, 0.15) is 0 Å². The summed E-state index contributed by atoms with van der Waals surface area (Å²) in [7, 11) is 0. The van der Waals surface area contributed by atoms with Crippen LogP contribution in [0.5, 0.6) is 0 Å². The number of nitrogens with one attached hydrogen (secondary N) is 2. The van der Waals surface area contributed by atoms with E-state index >= 15 is 0 Å². The number of likely N-dealkylation sites (tertiary alicyclic amines) is 1. The van der Waals surface area contributed by atoms with Crippen LogP contribution in [-0.2, 0) is 4.79 Å². The van der Waals surface area contributed by atoms with Gasteiger partial charge in [0.25, 0.3) is 0 Å². The van der Waals surface area contributed by atoms with Gasteiger partial charge in [-0.1, -0.05) is 26.2 Å². The molecule has 0 aromatic rings. The Morgan fingerprint density at radius 1 is 1.28 bits per heavy atom. The summed E-state index contributed by atoms with van der Waals surface area (Å²) in [6, 6.07) is 0.319. The van der Waals surface area contributed by atoms with E-state index in [2.05, 4.69) is 40.6 Å². The Bertz CT molecular complexity index is 429. The predicted octanol–water partition coefficient (Wildman–Crippen LogP) is 3.09. The van der Waals surface area contributed by atoms with Crippen molar-refractivity contribution in [1.29, 1.82) is 0 Å². The number of nitrogens with zero attached hydrogens (tertiary/aromatic N) is 2. The van der Waals surface area contributed by atoms with E-state index in [4.69, 9.17) is 0 Å². The minimum absolute atomic E-state index is 0. The zero-order chi connectivity index (χ0) is 17.4. The van der Waals surface area contributed by atoms with E-state index < -0.39 is 0 Å². The second kappa shape index (κ2) is 12.3. The first-order valence-electron chi connectivity index (χ1n) is 9.50. The monoisotopic (exact) mass is 482 g/mol. The number of hydrogen-bond donors (Lipinski definition) is 2. The van der Waals surface area contributed by atoms with E-state index in [1.165, 1.54) is 19.3 Å². The summed E-state index contributed by atoms with van der Waals surface area (Å²) >= 11 is 1.83. The maximum atomic E-state index is 12.7. The fourth-order valence-corrected chi connectivity index (χ4v) is 3.72. The van der Waals surface area contributed by atoms with Crippen molar-refractivity contribution < 1.29 is 4.79 Å². The summed E-state index contributed by atoms with van der Waals surface area (Å²) in [6.07, 6.45) is 9.04. The van der Waals surface area contributed by atoms with Gasteiger partial charge in [0.2, 0.25) is 5.91 Å². The van der Waals surface area contributed by atoms with Gasteiger partial charge in [-0.25, -0.2) is 0 Å². The number of aliphatic imine (C=N–C) groups is 1. The molecule has 146 valence electrons.